The van der Waals surface area contributed by atoms with Gasteiger partial charge in [-0.3, -0.25) is 0 Å². The van der Waals surface area contributed by atoms with E-state index >= 15 is 0 Å². The van der Waals surface area contributed by atoms with Crippen molar-refractivity contribution in [2.45, 2.75) is 89.9 Å². The van der Waals surface area contributed by atoms with Gasteiger partial charge in [-0.15, -0.1) is 11.8 Å². The summed E-state index contributed by atoms with van der Waals surface area (Å²) in [6.07, 6.45) is 14.8. The van der Waals surface area contributed by atoms with E-state index in [1.807, 2.05) is 6.92 Å². The first-order valence-electron chi connectivity index (χ1n) is 7.61. The van der Waals surface area contributed by atoms with Crippen molar-refractivity contribution in [3.63, 3.8) is 0 Å². The molecule has 0 aliphatic carbocycles. The average molecular weight is 260 g/mol. The highest BCUT2D eigenvalue weighted by Gasteiger charge is 1.99. The Morgan fingerprint density at radius 2 is 1.24 bits per heavy atom. The van der Waals surface area contributed by atoms with E-state index in [9.17, 15) is 5.11 Å². The van der Waals surface area contributed by atoms with Gasteiger partial charge in [0.1, 0.15) is 0 Å². The molecule has 0 amide bonds. The third-order valence-corrected chi connectivity index (χ3v) is 4.40. The standard InChI is InChI=1S/C15H32OS/c1-3-5-6-7-8-9-10-11-12-13-14-17-15(16)4-2/h15-16H,3-14H2,1-2H3. The van der Waals surface area contributed by atoms with Gasteiger partial charge in [0.25, 0.3) is 0 Å². The minimum Gasteiger partial charge on any atom is -0.382 e. The molecule has 0 radical (unpaired) electrons. The van der Waals surface area contributed by atoms with Gasteiger partial charge >= 0.3 is 0 Å². The Morgan fingerprint density at radius 1 is 0.765 bits per heavy atom. The van der Waals surface area contributed by atoms with Gasteiger partial charge in [-0.1, -0.05) is 71.6 Å². The predicted octanol–water partition coefficient (Wildman–Crippen LogP) is 5.37. The summed E-state index contributed by atoms with van der Waals surface area (Å²) in [5.41, 5.74) is -0.131. The monoisotopic (exact) mass is 260 g/mol. The second-order valence-corrected chi connectivity index (χ2v) is 6.20. The van der Waals surface area contributed by atoms with Crippen LogP contribution in [0.2, 0.25) is 0 Å². The van der Waals surface area contributed by atoms with Crippen LogP contribution >= 0.6 is 11.8 Å². The molecule has 0 rings (SSSR count). The summed E-state index contributed by atoms with van der Waals surface area (Å²) in [5.74, 6) is 1.13. The van der Waals surface area contributed by atoms with Crippen LogP contribution in [0.5, 0.6) is 0 Å². The van der Waals surface area contributed by atoms with E-state index in [0.29, 0.717) is 0 Å². The summed E-state index contributed by atoms with van der Waals surface area (Å²) in [6, 6.07) is 0. The van der Waals surface area contributed by atoms with Gasteiger partial charge < -0.3 is 5.11 Å². The number of thioether (sulfide) groups is 1. The van der Waals surface area contributed by atoms with Crippen LogP contribution in [0, 0.1) is 0 Å². The van der Waals surface area contributed by atoms with Crippen molar-refractivity contribution in [2.24, 2.45) is 0 Å². The van der Waals surface area contributed by atoms with Gasteiger partial charge in [0.15, 0.2) is 0 Å². The Bertz CT molecular complexity index is 139. The molecular weight excluding hydrogens is 228 g/mol. The van der Waals surface area contributed by atoms with Gasteiger partial charge in [0.2, 0.25) is 0 Å². The van der Waals surface area contributed by atoms with E-state index < -0.39 is 0 Å². The van der Waals surface area contributed by atoms with Crippen molar-refractivity contribution in [2.75, 3.05) is 5.75 Å². The Morgan fingerprint density at radius 3 is 1.71 bits per heavy atom. The van der Waals surface area contributed by atoms with Crippen LogP contribution in [-0.4, -0.2) is 16.3 Å². The van der Waals surface area contributed by atoms with Gasteiger partial charge in [0, 0.05) is 0 Å². The number of hydrogen-bond acceptors (Lipinski definition) is 2. The lowest BCUT2D eigenvalue weighted by Gasteiger charge is -2.06. The topological polar surface area (TPSA) is 20.2 Å². The highest BCUT2D eigenvalue weighted by Crippen LogP contribution is 2.15. The Kier molecular flexibility index (Phi) is 14.6. The summed E-state index contributed by atoms with van der Waals surface area (Å²) < 4.78 is 0. The van der Waals surface area contributed by atoms with E-state index in [1.54, 1.807) is 11.8 Å². The molecule has 17 heavy (non-hydrogen) atoms. The maximum atomic E-state index is 9.36. The molecule has 0 saturated carbocycles. The predicted molar refractivity (Wildman–Crippen MR) is 80.6 cm³/mol. The molecule has 0 fully saturated rings. The fraction of sp³-hybridized carbons (Fsp3) is 1.00. The molecule has 2 heteroatoms. The molecule has 1 atom stereocenters. The Hall–Kier alpha value is 0.310. The van der Waals surface area contributed by atoms with Crippen LogP contribution in [0.15, 0.2) is 0 Å². The van der Waals surface area contributed by atoms with E-state index in [2.05, 4.69) is 6.92 Å². The molecule has 0 aliphatic rings. The second-order valence-electron chi connectivity index (χ2n) is 4.92. The lowest BCUT2D eigenvalue weighted by atomic mass is 10.1. The molecule has 0 bridgehead atoms. The van der Waals surface area contributed by atoms with Gasteiger partial charge in [-0.25, -0.2) is 0 Å². The first-order valence-corrected chi connectivity index (χ1v) is 8.65. The quantitative estimate of drug-likeness (QED) is 0.355. The summed E-state index contributed by atoms with van der Waals surface area (Å²) in [5, 5.41) is 9.36. The lowest BCUT2D eigenvalue weighted by molar-refractivity contribution is 0.259. The van der Waals surface area contributed by atoms with Crippen molar-refractivity contribution in [3.05, 3.63) is 0 Å². The third-order valence-electron chi connectivity index (χ3n) is 3.16. The zero-order valence-corrected chi connectivity index (χ0v) is 12.7. The molecule has 0 aromatic carbocycles. The molecule has 0 heterocycles. The maximum absolute atomic E-state index is 9.36. The summed E-state index contributed by atoms with van der Waals surface area (Å²) >= 11 is 1.71. The molecule has 1 N–H and O–H groups in total. The number of hydrogen-bond donors (Lipinski definition) is 1. The molecule has 0 aromatic heterocycles. The van der Waals surface area contributed by atoms with Crippen molar-refractivity contribution in [1.82, 2.24) is 0 Å². The van der Waals surface area contributed by atoms with Crippen molar-refractivity contribution in [3.8, 4) is 0 Å². The smallest absolute Gasteiger partial charge is 0.0990 e. The molecule has 1 nitrogen and oxygen atoms in total. The minimum atomic E-state index is -0.131. The van der Waals surface area contributed by atoms with Crippen molar-refractivity contribution >= 4 is 11.8 Å². The summed E-state index contributed by atoms with van der Waals surface area (Å²) in [4.78, 5) is 0. The summed E-state index contributed by atoms with van der Waals surface area (Å²) in [7, 11) is 0. The van der Waals surface area contributed by atoms with Gasteiger partial charge in [-0.2, -0.15) is 0 Å². The normalized spacial score (nSPS) is 12.9. The van der Waals surface area contributed by atoms with E-state index in [4.69, 9.17) is 0 Å². The summed E-state index contributed by atoms with van der Waals surface area (Å²) in [6.45, 7) is 4.31. The molecule has 0 aromatic rings. The zero-order chi connectivity index (χ0) is 12.8. The van der Waals surface area contributed by atoms with Crippen molar-refractivity contribution in [1.29, 1.82) is 0 Å². The number of aliphatic hydroxyl groups excluding tert-OH is 1. The SMILES string of the molecule is CCCCCCCCCCCCSC(O)CC. The highest BCUT2D eigenvalue weighted by molar-refractivity contribution is 7.99. The largest absolute Gasteiger partial charge is 0.382 e. The molecule has 1 unspecified atom stereocenters. The fourth-order valence-corrected chi connectivity index (χ4v) is 2.81. The van der Waals surface area contributed by atoms with E-state index in [-0.39, 0.29) is 5.44 Å². The third kappa shape index (κ3) is 14.2. The van der Waals surface area contributed by atoms with Gasteiger partial charge in [-0.05, 0) is 18.6 Å². The van der Waals surface area contributed by atoms with Crippen LogP contribution in [-0.2, 0) is 0 Å². The van der Waals surface area contributed by atoms with E-state index in [1.165, 1.54) is 64.2 Å². The maximum Gasteiger partial charge on any atom is 0.0990 e. The molecule has 104 valence electrons. The van der Waals surface area contributed by atoms with E-state index in [0.717, 1.165) is 12.2 Å². The highest BCUT2D eigenvalue weighted by atomic mass is 32.2. The fourth-order valence-electron chi connectivity index (χ4n) is 1.93. The second kappa shape index (κ2) is 14.4. The first-order chi connectivity index (χ1) is 8.31. The lowest BCUT2D eigenvalue weighted by Crippen LogP contribution is -1.98. The van der Waals surface area contributed by atoms with Crippen LogP contribution in [0.4, 0.5) is 0 Å². The Labute approximate surface area is 113 Å². The van der Waals surface area contributed by atoms with Crippen LogP contribution < -0.4 is 0 Å². The molecule has 0 aliphatic heterocycles. The minimum absolute atomic E-state index is 0.131. The average Bonchev–Trinajstić information content (AvgIpc) is 2.35. The first kappa shape index (κ1) is 17.3. The Balaban J connectivity index is 2.94. The van der Waals surface area contributed by atoms with Gasteiger partial charge in [0.05, 0.1) is 5.44 Å². The van der Waals surface area contributed by atoms with Crippen LogP contribution in [0.1, 0.15) is 84.5 Å². The molecular formula is C15H32OS. The number of rotatable bonds is 13. The van der Waals surface area contributed by atoms with Crippen LogP contribution in [0.25, 0.3) is 0 Å². The molecule has 0 spiro atoms. The van der Waals surface area contributed by atoms with Crippen LogP contribution in [0.3, 0.4) is 0 Å². The number of unbranched alkanes of at least 4 members (excludes halogenated alkanes) is 9. The molecule has 0 saturated heterocycles. The number of aliphatic hydroxyl groups is 1. The van der Waals surface area contributed by atoms with Crippen molar-refractivity contribution < 1.29 is 5.11 Å². The zero-order valence-electron chi connectivity index (χ0n) is 11.9.